The van der Waals surface area contributed by atoms with Crippen molar-refractivity contribution in [2.75, 3.05) is 7.11 Å². The van der Waals surface area contributed by atoms with Crippen molar-refractivity contribution < 1.29 is 13.9 Å². The summed E-state index contributed by atoms with van der Waals surface area (Å²) in [4.78, 5) is 12.1. The fourth-order valence-electron chi connectivity index (χ4n) is 1.60. The molecular formula is C13H17FO2. The minimum atomic E-state index is -0.999. The zero-order valence-electron chi connectivity index (χ0n) is 10.3. The average Bonchev–Trinajstić information content (AvgIpc) is 2.15. The van der Waals surface area contributed by atoms with Crippen LogP contribution in [0.1, 0.15) is 35.3 Å². The first-order valence-corrected chi connectivity index (χ1v) is 5.16. The summed E-state index contributed by atoms with van der Waals surface area (Å²) >= 11 is 0. The van der Waals surface area contributed by atoms with E-state index in [-0.39, 0.29) is 11.3 Å². The van der Waals surface area contributed by atoms with Crippen LogP contribution < -0.4 is 0 Å². The first-order valence-electron chi connectivity index (χ1n) is 5.16. The predicted molar refractivity (Wildman–Crippen MR) is 61.3 cm³/mol. The van der Waals surface area contributed by atoms with E-state index in [0.717, 1.165) is 5.56 Å². The Morgan fingerprint density at radius 2 is 1.88 bits per heavy atom. The van der Waals surface area contributed by atoms with Gasteiger partial charge in [0.05, 0.1) is 5.56 Å². The molecule has 0 N–H and O–H groups in total. The van der Waals surface area contributed by atoms with Gasteiger partial charge in [0, 0.05) is 7.11 Å². The number of halogens is 1. The Balaban J connectivity index is 3.30. The van der Waals surface area contributed by atoms with Gasteiger partial charge in [-0.2, -0.15) is 0 Å². The molecule has 0 saturated heterocycles. The van der Waals surface area contributed by atoms with Crippen LogP contribution in [0.25, 0.3) is 0 Å². The van der Waals surface area contributed by atoms with E-state index in [9.17, 15) is 9.18 Å². The number of carbonyl (C=O) groups is 1. The second-order valence-electron chi connectivity index (χ2n) is 4.48. The molecule has 1 aromatic rings. The number of carbonyl (C=O) groups excluding carboxylic acids is 1. The molecule has 16 heavy (non-hydrogen) atoms. The van der Waals surface area contributed by atoms with Gasteiger partial charge in [-0.05, 0) is 44.9 Å². The fourth-order valence-corrected chi connectivity index (χ4v) is 1.60. The highest BCUT2D eigenvalue weighted by Gasteiger charge is 2.31. The molecule has 0 atom stereocenters. The van der Waals surface area contributed by atoms with Crippen LogP contribution in [-0.4, -0.2) is 18.5 Å². The van der Waals surface area contributed by atoms with Crippen molar-refractivity contribution in [3.8, 4) is 0 Å². The Bertz CT molecular complexity index is 399. The summed E-state index contributed by atoms with van der Waals surface area (Å²) in [6, 6.07) is 3.16. The van der Waals surface area contributed by atoms with E-state index in [2.05, 4.69) is 0 Å². The second kappa shape index (κ2) is 4.34. The summed E-state index contributed by atoms with van der Waals surface area (Å²) < 4.78 is 18.8. The van der Waals surface area contributed by atoms with Gasteiger partial charge in [-0.25, -0.2) is 4.39 Å². The normalized spacial score (nSPS) is 11.6. The van der Waals surface area contributed by atoms with E-state index >= 15 is 0 Å². The molecule has 0 aliphatic heterocycles. The summed E-state index contributed by atoms with van der Waals surface area (Å²) in [5.41, 5.74) is 0.577. The van der Waals surface area contributed by atoms with E-state index in [1.165, 1.54) is 13.2 Å². The number of methoxy groups -OCH3 is 1. The molecule has 1 rings (SSSR count). The molecule has 0 heterocycles. The largest absolute Gasteiger partial charge is 0.371 e. The molecule has 0 fully saturated rings. The lowest BCUT2D eigenvalue weighted by molar-refractivity contribution is 0.0224. The lowest BCUT2D eigenvalue weighted by atomic mass is 9.92. The average molecular weight is 224 g/mol. The third-order valence-electron chi connectivity index (χ3n) is 2.72. The maximum absolute atomic E-state index is 13.8. The lowest BCUT2D eigenvalue weighted by Gasteiger charge is -2.22. The maximum Gasteiger partial charge on any atom is 0.197 e. The summed E-state index contributed by atoms with van der Waals surface area (Å²) in [6.45, 7) is 6.79. The van der Waals surface area contributed by atoms with Crippen molar-refractivity contribution in [2.24, 2.45) is 0 Å². The van der Waals surface area contributed by atoms with Gasteiger partial charge >= 0.3 is 0 Å². The van der Waals surface area contributed by atoms with Gasteiger partial charge in [0.25, 0.3) is 0 Å². The van der Waals surface area contributed by atoms with Crippen molar-refractivity contribution in [1.29, 1.82) is 0 Å². The third-order valence-corrected chi connectivity index (χ3v) is 2.72. The highest BCUT2D eigenvalue weighted by atomic mass is 19.1. The first kappa shape index (κ1) is 12.8. The molecule has 0 saturated carbocycles. The Morgan fingerprint density at radius 1 is 1.31 bits per heavy atom. The molecule has 0 radical (unpaired) electrons. The van der Waals surface area contributed by atoms with Crippen LogP contribution in [0.4, 0.5) is 4.39 Å². The number of rotatable bonds is 3. The van der Waals surface area contributed by atoms with Crippen molar-refractivity contribution in [3.05, 3.63) is 34.6 Å². The van der Waals surface area contributed by atoms with Gasteiger partial charge in [0.2, 0.25) is 0 Å². The third kappa shape index (κ3) is 2.30. The number of ether oxygens (including phenoxy) is 1. The van der Waals surface area contributed by atoms with Crippen molar-refractivity contribution >= 4 is 5.78 Å². The molecule has 0 amide bonds. The fraction of sp³-hybridized carbons (Fsp3) is 0.462. The van der Waals surface area contributed by atoms with Crippen LogP contribution >= 0.6 is 0 Å². The predicted octanol–water partition coefficient (Wildman–Crippen LogP) is 3.05. The topological polar surface area (TPSA) is 26.3 Å². The van der Waals surface area contributed by atoms with Gasteiger partial charge < -0.3 is 4.74 Å². The Hall–Kier alpha value is -1.22. The minimum absolute atomic E-state index is 0.123. The van der Waals surface area contributed by atoms with Crippen LogP contribution in [0, 0.1) is 19.7 Å². The zero-order chi connectivity index (χ0) is 12.5. The van der Waals surface area contributed by atoms with E-state index in [4.69, 9.17) is 4.74 Å². The van der Waals surface area contributed by atoms with Gasteiger partial charge in [-0.1, -0.05) is 6.07 Å². The van der Waals surface area contributed by atoms with Crippen LogP contribution in [0.15, 0.2) is 12.1 Å². The highest BCUT2D eigenvalue weighted by molar-refractivity contribution is 6.03. The van der Waals surface area contributed by atoms with Crippen molar-refractivity contribution in [1.82, 2.24) is 0 Å². The molecular weight excluding hydrogens is 207 g/mol. The molecule has 0 spiro atoms. The molecule has 0 unspecified atom stereocenters. The van der Waals surface area contributed by atoms with Crippen LogP contribution in [0.2, 0.25) is 0 Å². The summed E-state index contributed by atoms with van der Waals surface area (Å²) in [6.07, 6.45) is 0. The Labute approximate surface area is 95.4 Å². The number of benzene rings is 1. The number of ketones is 1. The van der Waals surface area contributed by atoms with Gasteiger partial charge in [-0.15, -0.1) is 0 Å². The summed E-state index contributed by atoms with van der Waals surface area (Å²) in [7, 11) is 1.44. The molecule has 0 aliphatic rings. The Morgan fingerprint density at radius 3 is 2.31 bits per heavy atom. The van der Waals surface area contributed by atoms with E-state index < -0.39 is 11.4 Å². The highest BCUT2D eigenvalue weighted by Crippen LogP contribution is 2.23. The van der Waals surface area contributed by atoms with Crippen LogP contribution in [0.3, 0.4) is 0 Å². The molecule has 0 bridgehead atoms. The van der Waals surface area contributed by atoms with Crippen molar-refractivity contribution in [2.45, 2.75) is 33.3 Å². The van der Waals surface area contributed by atoms with E-state index in [1.54, 1.807) is 33.8 Å². The molecule has 0 aliphatic carbocycles. The van der Waals surface area contributed by atoms with Gasteiger partial charge in [0.15, 0.2) is 5.78 Å². The van der Waals surface area contributed by atoms with E-state index in [0.29, 0.717) is 5.56 Å². The maximum atomic E-state index is 13.8. The first-order chi connectivity index (χ1) is 7.29. The Kier molecular flexibility index (Phi) is 3.48. The molecule has 3 heteroatoms. The summed E-state index contributed by atoms with van der Waals surface area (Å²) in [5, 5.41) is 0. The standard InChI is InChI=1S/C13H17FO2/c1-8-6-9(2)11(10(14)7-8)12(15)13(3,4)16-5/h6-7H,1-5H3. The zero-order valence-corrected chi connectivity index (χ0v) is 10.3. The summed E-state index contributed by atoms with van der Waals surface area (Å²) in [5.74, 6) is -0.808. The van der Waals surface area contributed by atoms with Crippen LogP contribution in [-0.2, 0) is 4.74 Å². The SMILES string of the molecule is COC(C)(C)C(=O)c1c(C)cc(C)cc1F. The number of hydrogen-bond donors (Lipinski definition) is 0. The van der Waals surface area contributed by atoms with Gasteiger partial charge in [0.1, 0.15) is 11.4 Å². The van der Waals surface area contributed by atoms with E-state index in [1.807, 2.05) is 0 Å². The second-order valence-corrected chi connectivity index (χ2v) is 4.48. The number of hydrogen-bond acceptors (Lipinski definition) is 2. The molecule has 1 aromatic carbocycles. The number of aryl methyl sites for hydroxylation is 2. The molecule has 2 nitrogen and oxygen atoms in total. The number of Topliss-reactive ketones (excluding diaryl/α,β-unsaturated/α-hetero) is 1. The quantitative estimate of drug-likeness (QED) is 0.737. The van der Waals surface area contributed by atoms with Gasteiger partial charge in [-0.3, -0.25) is 4.79 Å². The monoisotopic (exact) mass is 224 g/mol. The molecule has 88 valence electrons. The molecule has 0 aromatic heterocycles. The van der Waals surface area contributed by atoms with Crippen molar-refractivity contribution in [3.63, 3.8) is 0 Å². The smallest absolute Gasteiger partial charge is 0.197 e. The lowest BCUT2D eigenvalue weighted by Crippen LogP contribution is -2.35. The minimum Gasteiger partial charge on any atom is -0.371 e. The van der Waals surface area contributed by atoms with Crippen LogP contribution in [0.5, 0.6) is 0 Å².